The Kier molecular flexibility index (Phi) is 4.35. The summed E-state index contributed by atoms with van der Waals surface area (Å²) in [6, 6.07) is 0. The van der Waals surface area contributed by atoms with E-state index in [1.807, 2.05) is 0 Å². The molecule has 3 heteroatoms. The normalized spacial score (nSPS) is 39.2. The summed E-state index contributed by atoms with van der Waals surface area (Å²) in [7, 11) is 0. The van der Waals surface area contributed by atoms with Crippen LogP contribution in [0.5, 0.6) is 0 Å². The van der Waals surface area contributed by atoms with Gasteiger partial charge in [-0.15, -0.1) is 0 Å². The molecule has 2 heterocycles. The quantitative estimate of drug-likeness (QED) is 0.836. The van der Waals surface area contributed by atoms with E-state index in [4.69, 9.17) is 5.73 Å². The molecule has 18 heavy (non-hydrogen) atoms. The number of hydrogen-bond acceptors (Lipinski definition) is 3. The third kappa shape index (κ3) is 2.59. The summed E-state index contributed by atoms with van der Waals surface area (Å²) in [5.41, 5.74) is 6.93. The first-order valence-electron chi connectivity index (χ1n) is 7.47. The Bertz CT molecular complexity index is 287. The predicted octanol–water partition coefficient (Wildman–Crippen LogP) is 2.97. The summed E-state index contributed by atoms with van der Waals surface area (Å²) >= 11 is 2.12. The molecule has 0 aromatic heterocycles. The number of likely N-dealkylation sites (tertiary alicyclic amines) is 1. The van der Waals surface area contributed by atoms with Gasteiger partial charge in [0.15, 0.2) is 0 Å². The minimum absolute atomic E-state index is 0.281. The van der Waals surface area contributed by atoms with Gasteiger partial charge in [0, 0.05) is 23.9 Å². The molecule has 0 aromatic rings. The Hall–Kier alpha value is 0.270. The maximum Gasteiger partial charge on any atom is 0.0447 e. The second-order valence-corrected chi connectivity index (χ2v) is 8.67. The van der Waals surface area contributed by atoms with Crippen molar-refractivity contribution in [2.24, 2.45) is 17.1 Å². The lowest BCUT2D eigenvalue weighted by molar-refractivity contribution is 0.0951. The molecule has 0 bridgehead atoms. The van der Waals surface area contributed by atoms with Crippen LogP contribution >= 0.6 is 11.8 Å². The second kappa shape index (κ2) is 5.34. The van der Waals surface area contributed by atoms with Crippen molar-refractivity contribution >= 4 is 11.8 Å². The van der Waals surface area contributed by atoms with Crippen LogP contribution in [0.25, 0.3) is 0 Å². The first-order valence-corrected chi connectivity index (χ1v) is 8.52. The number of hydrogen-bond donors (Lipinski definition) is 1. The lowest BCUT2D eigenvalue weighted by Gasteiger charge is -2.48. The summed E-state index contributed by atoms with van der Waals surface area (Å²) < 4.78 is 0. The minimum Gasteiger partial charge on any atom is -0.329 e. The molecule has 2 nitrogen and oxygen atoms in total. The van der Waals surface area contributed by atoms with Gasteiger partial charge in [-0.05, 0) is 42.9 Å². The molecule has 2 aliphatic rings. The summed E-state index contributed by atoms with van der Waals surface area (Å²) in [4.78, 5) is 2.74. The predicted molar refractivity (Wildman–Crippen MR) is 82.1 cm³/mol. The maximum absolute atomic E-state index is 6.21. The molecule has 0 aliphatic carbocycles. The van der Waals surface area contributed by atoms with Crippen LogP contribution in [0.4, 0.5) is 0 Å². The van der Waals surface area contributed by atoms with Crippen LogP contribution in [0.3, 0.4) is 0 Å². The smallest absolute Gasteiger partial charge is 0.0447 e. The zero-order valence-electron chi connectivity index (χ0n) is 12.5. The molecule has 3 unspecified atom stereocenters. The zero-order valence-corrected chi connectivity index (χ0v) is 13.4. The number of rotatable bonds is 2. The van der Waals surface area contributed by atoms with Crippen molar-refractivity contribution < 1.29 is 0 Å². The van der Waals surface area contributed by atoms with E-state index in [9.17, 15) is 0 Å². The van der Waals surface area contributed by atoms with Gasteiger partial charge in [-0.25, -0.2) is 0 Å². The van der Waals surface area contributed by atoms with Crippen molar-refractivity contribution in [1.82, 2.24) is 4.90 Å². The molecular weight excluding hydrogens is 240 g/mol. The van der Waals surface area contributed by atoms with Crippen LogP contribution in [-0.2, 0) is 0 Å². The average Bonchev–Trinajstić information content (AvgIpc) is 2.79. The van der Waals surface area contributed by atoms with E-state index in [2.05, 4.69) is 44.4 Å². The fourth-order valence-corrected chi connectivity index (χ4v) is 5.02. The van der Waals surface area contributed by atoms with Crippen LogP contribution in [0, 0.1) is 11.3 Å². The highest BCUT2D eigenvalue weighted by molar-refractivity contribution is 8.00. The van der Waals surface area contributed by atoms with E-state index in [1.165, 1.54) is 38.1 Å². The third-order valence-corrected chi connectivity index (χ3v) is 6.74. The summed E-state index contributed by atoms with van der Waals surface area (Å²) in [5.74, 6) is 2.15. The Morgan fingerprint density at radius 3 is 2.61 bits per heavy atom. The molecule has 0 spiro atoms. The van der Waals surface area contributed by atoms with Crippen LogP contribution in [0.15, 0.2) is 0 Å². The van der Waals surface area contributed by atoms with Gasteiger partial charge in [0.1, 0.15) is 0 Å². The van der Waals surface area contributed by atoms with Crippen molar-refractivity contribution in [3.8, 4) is 0 Å². The van der Waals surface area contributed by atoms with Gasteiger partial charge in [-0.1, -0.05) is 27.7 Å². The van der Waals surface area contributed by atoms with Gasteiger partial charge >= 0.3 is 0 Å². The molecule has 3 atom stereocenters. The highest BCUT2D eigenvalue weighted by Gasteiger charge is 2.46. The molecule has 2 aliphatic heterocycles. The molecule has 0 radical (unpaired) electrons. The fourth-order valence-electron chi connectivity index (χ4n) is 3.68. The molecule has 2 saturated heterocycles. The van der Waals surface area contributed by atoms with Crippen molar-refractivity contribution in [3.63, 3.8) is 0 Å². The Morgan fingerprint density at radius 2 is 2.11 bits per heavy atom. The van der Waals surface area contributed by atoms with E-state index in [0.717, 1.165) is 12.5 Å². The lowest BCUT2D eigenvalue weighted by atomic mass is 9.80. The molecule has 106 valence electrons. The Morgan fingerprint density at radius 1 is 1.39 bits per heavy atom. The van der Waals surface area contributed by atoms with Gasteiger partial charge in [0.25, 0.3) is 0 Å². The Balaban J connectivity index is 2.10. The molecular formula is C15H30N2S. The van der Waals surface area contributed by atoms with Crippen molar-refractivity contribution in [2.45, 2.75) is 57.7 Å². The molecule has 0 amide bonds. The van der Waals surface area contributed by atoms with E-state index >= 15 is 0 Å². The SMILES string of the molecule is CC1SCCCC1(CN)N1CCC(C(C)(C)C)C1. The van der Waals surface area contributed by atoms with Crippen LogP contribution < -0.4 is 5.73 Å². The minimum atomic E-state index is 0.281. The third-order valence-electron chi connectivity index (χ3n) is 5.27. The van der Waals surface area contributed by atoms with Gasteiger partial charge in [0.2, 0.25) is 0 Å². The monoisotopic (exact) mass is 270 g/mol. The van der Waals surface area contributed by atoms with E-state index in [0.29, 0.717) is 10.7 Å². The summed E-state index contributed by atoms with van der Waals surface area (Å²) in [6.45, 7) is 12.9. The molecule has 0 saturated carbocycles. The van der Waals surface area contributed by atoms with Crippen molar-refractivity contribution in [1.29, 1.82) is 0 Å². The van der Waals surface area contributed by atoms with Crippen LogP contribution in [0.1, 0.15) is 47.0 Å². The lowest BCUT2D eigenvalue weighted by Crippen LogP contribution is -2.60. The van der Waals surface area contributed by atoms with Crippen LogP contribution in [0.2, 0.25) is 0 Å². The van der Waals surface area contributed by atoms with Crippen LogP contribution in [-0.4, -0.2) is 41.1 Å². The fraction of sp³-hybridized carbons (Fsp3) is 1.00. The second-order valence-electron chi connectivity index (χ2n) is 7.22. The largest absolute Gasteiger partial charge is 0.329 e. The van der Waals surface area contributed by atoms with E-state index in [-0.39, 0.29) is 5.54 Å². The summed E-state index contributed by atoms with van der Waals surface area (Å²) in [5, 5.41) is 0.690. The number of nitrogens with two attached hydrogens (primary N) is 1. The van der Waals surface area contributed by atoms with E-state index < -0.39 is 0 Å². The standard InChI is InChI=1S/C15H30N2S/c1-12-15(11-16,7-5-9-18-12)17-8-6-13(10-17)14(2,3)4/h12-13H,5-11,16H2,1-4H3. The molecule has 2 fully saturated rings. The van der Waals surface area contributed by atoms with Gasteiger partial charge in [-0.3, -0.25) is 4.90 Å². The molecule has 2 N–H and O–H groups in total. The molecule has 0 aromatic carbocycles. The average molecular weight is 270 g/mol. The summed E-state index contributed by atoms with van der Waals surface area (Å²) in [6.07, 6.45) is 3.99. The maximum atomic E-state index is 6.21. The first kappa shape index (κ1) is 14.7. The molecule has 2 rings (SSSR count). The topological polar surface area (TPSA) is 29.3 Å². The zero-order chi connectivity index (χ0) is 13.4. The van der Waals surface area contributed by atoms with Crippen molar-refractivity contribution in [3.05, 3.63) is 0 Å². The van der Waals surface area contributed by atoms with Gasteiger partial charge in [0.05, 0.1) is 0 Å². The highest BCUT2D eigenvalue weighted by Crippen LogP contribution is 2.43. The van der Waals surface area contributed by atoms with Gasteiger partial charge in [-0.2, -0.15) is 11.8 Å². The Labute approximate surface area is 117 Å². The highest BCUT2D eigenvalue weighted by atomic mass is 32.2. The van der Waals surface area contributed by atoms with Gasteiger partial charge < -0.3 is 5.73 Å². The number of nitrogens with zero attached hydrogens (tertiary/aromatic N) is 1. The number of thioether (sulfide) groups is 1. The van der Waals surface area contributed by atoms with E-state index in [1.54, 1.807) is 0 Å². The first-order chi connectivity index (χ1) is 8.40. The van der Waals surface area contributed by atoms with Crippen molar-refractivity contribution in [2.75, 3.05) is 25.4 Å².